The van der Waals surface area contributed by atoms with Crippen molar-refractivity contribution in [2.45, 2.75) is 77.7 Å². The Bertz CT molecular complexity index is 908. The van der Waals surface area contributed by atoms with Gasteiger partial charge in [0.1, 0.15) is 0 Å². The van der Waals surface area contributed by atoms with E-state index >= 15 is 0 Å². The molecule has 0 spiro atoms. The van der Waals surface area contributed by atoms with Gasteiger partial charge in [-0.25, -0.2) is 0 Å². The van der Waals surface area contributed by atoms with Gasteiger partial charge in [0.2, 0.25) is 5.91 Å². The summed E-state index contributed by atoms with van der Waals surface area (Å²) in [5.74, 6) is -0.562. The molecule has 5 nitrogen and oxygen atoms in total. The molecule has 1 aliphatic heterocycles. The summed E-state index contributed by atoms with van der Waals surface area (Å²) in [5, 5.41) is 21.3. The van der Waals surface area contributed by atoms with Crippen LogP contribution < -0.4 is 5.73 Å². The zero-order valence-corrected chi connectivity index (χ0v) is 19.6. The van der Waals surface area contributed by atoms with Crippen molar-refractivity contribution in [2.75, 3.05) is 13.1 Å². The maximum absolute atomic E-state index is 11.4. The molecule has 1 aliphatic rings. The van der Waals surface area contributed by atoms with E-state index in [1.807, 2.05) is 19.1 Å². The van der Waals surface area contributed by atoms with E-state index in [4.69, 9.17) is 5.73 Å². The summed E-state index contributed by atoms with van der Waals surface area (Å²) in [7, 11) is 0. The van der Waals surface area contributed by atoms with E-state index in [1.165, 1.54) is 44.9 Å². The maximum atomic E-state index is 11.4. The Balaban J connectivity index is 1.76. The summed E-state index contributed by atoms with van der Waals surface area (Å²) in [4.78, 5) is 13.9. The van der Waals surface area contributed by atoms with Gasteiger partial charge in [-0.3, -0.25) is 9.69 Å². The number of benzene rings is 2. The van der Waals surface area contributed by atoms with E-state index < -0.39 is 5.91 Å². The molecule has 1 amide bonds. The topological polar surface area (TPSA) is 86.8 Å². The van der Waals surface area contributed by atoms with Gasteiger partial charge in [-0.05, 0) is 74.2 Å². The lowest BCUT2D eigenvalue weighted by Gasteiger charge is -2.28. The van der Waals surface area contributed by atoms with Crippen LogP contribution in [0.2, 0.25) is 0 Å². The molecule has 174 valence electrons. The standard InChI is InChI=1S/C27H38N2O3/c1-3-4-5-6-7-8-9-16-29-17-10-11-23(29)25-19(2)22(18-24(30)26(25)31)20-12-14-21(15-13-20)27(28)32/h12-15,18,23,30-31H,3-11,16-17H2,1-2H3,(H2,28,32). The first kappa shape index (κ1) is 24.1. The summed E-state index contributed by atoms with van der Waals surface area (Å²) in [6.45, 7) is 6.30. The lowest BCUT2D eigenvalue weighted by atomic mass is 9.90. The molecule has 3 rings (SSSR count). The van der Waals surface area contributed by atoms with Crippen LogP contribution in [0.25, 0.3) is 11.1 Å². The van der Waals surface area contributed by atoms with Gasteiger partial charge in [0.25, 0.3) is 0 Å². The molecule has 1 atom stereocenters. The molecule has 1 heterocycles. The lowest BCUT2D eigenvalue weighted by Crippen LogP contribution is -2.25. The smallest absolute Gasteiger partial charge is 0.248 e. The number of carbonyl (C=O) groups excluding carboxylic acids is 1. The van der Waals surface area contributed by atoms with E-state index in [0.29, 0.717) is 5.56 Å². The first-order valence-electron chi connectivity index (χ1n) is 12.1. The molecule has 5 heteroatoms. The highest BCUT2D eigenvalue weighted by molar-refractivity contribution is 5.93. The highest BCUT2D eigenvalue weighted by Crippen LogP contribution is 2.46. The van der Waals surface area contributed by atoms with Crippen molar-refractivity contribution >= 4 is 5.91 Å². The Morgan fingerprint density at radius 2 is 1.72 bits per heavy atom. The zero-order valence-electron chi connectivity index (χ0n) is 19.6. The average molecular weight is 439 g/mol. The van der Waals surface area contributed by atoms with Gasteiger partial charge in [-0.2, -0.15) is 0 Å². The van der Waals surface area contributed by atoms with E-state index in [0.717, 1.165) is 48.2 Å². The minimum absolute atomic E-state index is 0.00327. The number of amides is 1. The van der Waals surface area contributed by atoms with Crippen LogP contribution >= 0.6 is 0 Å². The number of phenolic OH excluding ortho intramolecular Hbond substituents is 2. The number of nitrogens with zero attached hydrogens (tertiary/aromatic N) is 1. The molecule has 2 aromatic rings. The first-order chi connectivity index (χ1) is 15.4. The van der Waals surface area contributed by atoms with Crippen molar-refractivity contribution in [3.8, 4) is 22.6 Å². The molecule has 0 saturated carbocycles. The van der Waals surface area contributed by atoms with Crippen LogP contribution in [-0.4, -0.2) is 34.1 Å². The van der Waals surface area contributed by atoms with Gasteiger partial charge in [-0.15, -0.1) is 0 Å². The summed E-state index contributed by atoms with van der Waals surface area (Å²) in [6, 6.07) is 8.81. The number of rotatable bonds is 11. The van der Waals surface area contributed by atoms with Crippen molar-refractivity contribution in [3.05, 3.63) is 47.0 Å². The Hall–Kier alpha value is -2.53. The van der Waals surface area contributed by atoms with Crippen molar-refractivity contribution in [1.82, 2.24) is 4.90 Å². The molecule has 1 fully saturated rings. The van der Waals surface area contributed by atoms with Crippen LogP contribution in [0.4, 0.5) is 0 Å². The van der Waals surface area contributed by atoms with E-state index in [2.05, 4.69) is 11.8 Å². The van der Waals surface area contributed by atoms with Gasteiger partial charge >= 0.3 is 0 Å². The van der Waals surface area contributed by atoms with Gasteiger partial charge in [0.05, 0.1) is 0 Å². The molecule has 1 saturated heterocycles. The Kier molecular flexibility index (Phi) is 8.57. The number of hydrogen-bond donors (Lipinski definition) is 3. The van der Waals surface area contributed by atoms with Crippen LogP contribution in [0, 0.1) is 6.92 Å². The summed E-state index contributed by atoms with van der Waals surface area (Å²) >= 11 is 0. The minimum atomic E-state index is -0.463. The molecular formula is C27H38N2O3. The number of phenols is 2. The SMILES string of the molecule is CCCCCCCCCN1CCCC1c1c(C)c(-c2ccc(C(N)=O)cc2)cc(O)c1O. The van der Waals surface area contributed by atoms with Crippen LogP contribution in [0.1, 0.15) is 92.2 Å². The highest BCUT2D eigenvalue weighted by Gasteiger charge is 2.31. The molecule has 32 heavy (non-hydrogen) atoms. The van der Waals surface area contributed by atoms with Crippen LogP contribution in [0.3, 0.4) is 0 Å². The fraction of sp³-hybridized carbons (Fsp3) is 0.519. The van der Waals surface area contributed by atoms with Gasteiger partial charge in [0, 0.05) is 17.2 Å². The van der Waals surface area contributed by atoms with Crippen LogP contribution in [0.15, 0.2) is 30.3 Å². The summed E-state index contributed by atoms with van der Waals surface area (Å²) < 4.78 is 0. The predicted molar refractivity (Wildman–Crippen MR) is 130 cm³/mol. The third-order valence-electron chi connectivity index (χ3n) is 6.81. The molecule has 0 radical (unpaired) electrons. The maximum Gasteiger partial charge on any atom is 0.248 e. The second-order valence-corrected chi connectivity index (χ2v) is 9.09. The Morgan fingerprint density at radius 1 is 1.06 bits per heavy atom. The Labute approximate surface area is 192 Å². The molecule has 0 aliphatic carbocycles. The third-order valence-corrected chi connectivity index (χ3v) is 6.81. The molecular weight excluding hydrogens is 400 g/mol. The van der Waals surface area contributed by atoms with E-state index in [1.54, 1.807) is 18.2 Å². The number of primary amides is 1. The lowest BCUT2D eigenvalue weighted by molar-refractivity contribution is 0.100. The number of nitrogens with two attached hydrogens (primary N) is 1. The first-order valence-corrected chi connectivity index (χ1v) is 12.1. The molecule has 2 aromatic carbocycles. The normalized spacial score (nSPS) is 16.5. The van der Waals surface area contributed by atoms with Crippen molar-refractivity contribution in [3.63, 3.8) is 0 Å². The highest BCUT2D eigenvalue weighted by atomic mass is 16.3. The number of aromatic hydroxyl groups is 2. The van der Waals surface area contributed by atoms with Gasteiger partial charge in [-0.1, -0.05) is 57.6 Å². The van der Waals surface area contributed by atoms with Gasteiger partial charge < -0.3 is 15.9 Å². The van der Waals surface area contributed by atoms with Crippen molar-refractivity contribution in [2.24, 2.45) is 5.73 Å². The number of carbonyl (C=O) groups is 1. The third kappa shape index (κ3) is 5.63. The second-order valence-electron chi connectivity index (χ2n) is 9.09. The number of hydrogen-bond acceptors (Lipinski definition) is 4. The van der Waals surface area contributed by atoms with E-state index in [-0.39, 0.29) is 17.5 Å². The van der Waals surface area contributed by atoms with E-state index in [9.17, 15) is 15.0 Å². The zero-order chi connectivity index (χ0) is 23.1. The fourth-order valence-corrected chi connectivity index (χ4v) is 4.99. The largest absolute Gasteiger partial charge is 0.504 e. The average Bonchev–Trinajstić information content (AvgIpc) is 3.24. The second kappa shape index (κ2) is 11.4. The Morgan fingerprint density at radius 3 is 2.38 bits per heavy atom. The minimum Gasteiger partial charge on any atom is -0.504 e. The van der Waals surface area contributed by atoms with Crippen molar-refractivity contribution in [1.29, 1.82) is 0 Å². The van der Waals surface area contributed by atoms with Crippen LogP contribution in [0.5, 0.6) is 11.5 Å². The number of likely N-dealkylation sites (tertiary alicyclic amines) is 1. The number of unbranched alkanes of at least 4 members (excludes halogenated alkanes) is 6. The molecule has 0 aromatic heterocycles. The summed E-state index contributed by atoms with van der Waals surface area (Å²) in [5.41, 5.74) is 9.38. The van der Waals surface area contributed by atoms with Crippen molar-refractivity contribution < 1.29 is 15.0 Å². The van der Waals surface area contributed by atoms with Gasteiger partial charge in [0.15, 0.2) is 11.5 Å². The molecule has 0 bridgehead atoms. The quantitative estimate of drug-likeness (QED) is 0.294. The molecule has 1 unspecified atom stereocenters. The monoisotopic (exact) mass is 438 g/mol. The fourth-order valence-electron chi connectivity index (χ4n) is 4.99. The summed E-state index contributed by atoms with van der Waals surface area (Å²) in [6.07, 6.45) is 11.0. The van der Waals surface area contributed by atoms with Crippen LogP contribution in [-0.2, 0) is 0 Å². The predicted octanol–water partition coefficient (Wildman–Crippen LogP) is 6.06. The molecule has 4 N–H and O–H groups in total.